The SMILES string of the molecule is CC1CC(NN)CN1C. The summed E-state index contributed by atoms with van der Waals surface area (Å²) in [5.41, 5.74) is 2.78. The van der Waals surface area contributed by atoms with Crippen LogP contribution in [0.4, 0.5) is 0 Å². The summed E-state index contributed by atoms with van der Waals surface area (Å²) in [5.74, 6) is 5.28. The molecule has 1 aliphatic rings. The van der Waals surface area contributed by atoms with E-state index in [1.54, 1.807) is 0 Å². The van der Waals surface area contributed by atoms with Crippen LogP contribution in [0.2, 0.25) is 0 Å². The Morgan fingerprint density at radius 3 is 2.56 bits per heavy atom. The highest BCUT2D eigenvalue weighted by molar-refractivity contribution is 4.83. The molecule has 3 heteroatoms. The second-order valence-electron chi connectivity index (χ2n) is 2.89. The van der Waals surface area contributed by atoms with Gasteiger partial charge in [0.2, 0.25) is 0 Å². The van der Waals surface area contributed by atoms with Crippen LogP contribution >= 0.6 is 0 Å². The largest absolute Gasteiger partial charge is 0.302 e. The topological polar surface area (TPSA) is 41.3 Å². The van der Waals surface area contributed by atoms with Crippen molar-refractivity contribution in [2.24, 2.45) is 5.84 Å². The highest BCUT2D eigenvalue weighted by Gasteiger charge is 2.24. The summed E-state index contributed by atoms with van der Waals surface area (Å²) >= 11 is 0. The zero-order valence-corrected chi connectivity index (χ0v) is 6.09. The average Bonchev–Trinajstić information content (AvgIpc) is 2.13. The maximum atomic E-state index is 5.28. The van der Waals surface area contributed by atoms with Crippen LogP contribution in [0.15, 0.2) is 0 Å². The number of nitrogens with one attached hydrogen (secondary N) is 1. The first-order valence-corrected chi connectivity index (χ1v) is 3.40. The molecule has 0 aromatic rings. The molecule has 1 heterocycles. The quantitative estimate of drug-likeness (QED) is 0.372. The van der Waals surface area contributed by atoms with Gasteiger partial charge < -0.3 is 4.90 Å². The molecule has 54 valence electrons. The monoisotopic (exact) mass is 129 g/mol. The van der Waals surface area contributed by atoms with Crippen molar-refractivity contribution in [1.29, 1.82) is 0 Å². The Morgan fingerprint density at radius 1 is 1.67 bits per heavy atom. The van der Waals surface area contributed by atoms with Gasteiger partial charge in [0.25, 0.3) is 0 Å². The average molecular weight is 129 g/mol. The number of nitrogens with two attached hydrogens (primary N) is 1. The molecule has 3 nitrogen and oxygen atoms in total. The lowest BCUT2D eigenvalue weighted by Crippen LogP contribution is -2.36. The number of likely N-dealkylation sites (N-methyl/N-ethyl adjacent to an activating group) is 1. The molecule has 1 aliphatic heterocycles. The van der Waals surface area contributed by atoms with Crippen LogP contribution in [-0.2, 0) is 0 Å². The fourth-order valence-corrected chi connectivity index (χ4v) is 1.31. The van der Waals surface area contributed by atoms with Gasteiger partial charge in [-0.3, -0.25) is 11.3 Å². The minimum absolute atomic E-state index is 0.505. The standard InChI is InChI=1S/C6H15N3/c1-5-3-6(8-7)4-9(5)2/h5-6,8H,3-4,7H2,1-2H3. The van der Waals surface area contributed by atoms with Gasteiger partial charge in [0.05, 0.1) is 0 Å². The molecule has 1 saturated heterocycles. The fraction of sp³-hybridized carbons (Fsp3) is 1.00. The molecule has 0 aromatic carbocycles. The number of hydrogen-bond donors (Lipinski definition) is 2. The molecule has 3 N–H and O–H groups in total. The van der Waals surface area contributed by atoms with E-state index in [0.29, 0.717) is 12.1 Å². The van der Waals surface area contributed by atoms with Gasteiger partial charge in [-0.05, 0) is 20.4 Å². The van der Waals surface area contributed by atoms with Crippen molar-refractivity contribution in [1.82, 2.24) is 10.3 Å². The molecule has 2 atom stereocenters. The first-order valence-electron chi connectivity index (χ1n) is 3.40. The zero-order valence-electron chi connectivity index (χ0n) is 6.09. The molecule has 0 radical (unpaired) electrons. The maximum absolute atomic E-state index is 5.28. The van der Waals surface area contributed by atoms with Crippen LogP contribution in [0.25, 0.3) is 0 Å². The maximum Gasteiger partial charge on any atom is 0.0352 e. The Morgan fingerprint density at radius 2 is 2.33 bits per heavy atom. The summed E-state index contributed by atoms with van der Waals surface area (Å²) in [6.07, 6.45) is 1.17. The molecule has 9 heavy (non-hydrogen) atoms. The fourth-order valence-electron chi connectivity index (χ4n) is 1.31. The van der Waals surface area contributed by atoms with E-state index in [4.69, 9.17) is 5.84 Å². The van der Waals surface area contributed by atoms with E-state index in [1.165, 1.54) is 6.42 Å². The number of nitrogens with zero attached hydrogens (tertiary/aromatic N) is 1. The first kappa shape index (κ1) is 6.99. The minimum Gasteiger partial charge on any atom is -0.302 e. The van der Waals surface area contributed by atoms with Crippen molar-refractivity contribution < 1.29 is 0 Å². The highest BCUT2D eigenvalue weighted by atomic mass is 15.3. The van der Waals surface area contributed by atoms with Crippen LogP contribution in [0, 0.1) is 0 Å². The normalized spacial score (nSPS) is 37.7. The predicted molar refractivity (Wildman–Crippen MR) is 37.8 cm³/mol. The van der Waals surface area contributed by atoms with Crippen molar-refractivity contribution in [2.75, 3.05) is 13.6 Å². The number of rotatable bonds is 1. The van der Waals surface area contributed by atoms with E-state index in [1.807, 2.05) is 0 Å². The number of likely N-dealkylation sites (tertiary alicyclic amines) is 1. The summed E-state index contributed by atoms with van der Waals surface area (Å²) in [7, 11) is 2.13. The highest BCUT2D eigenvalue weighted by Crippen LogP contribution is 2.13. The third-order valence-corrected chi connectivity index (χ3v) is 2.12. The molecule has 0 aliphatic carbocycles. The molecular weight excluding hydrogens is 114 g/mol. The van der Waals surface area contributed by atoms with Gasteiger partial charge in [-0.25, -0.2) is 0 Å². The first-order chi connectivity index (χ1) is 4.24. The van der Waals surface area contributed by atoms with Crippen molar-refractivity contribution in [3.05, 3.63) is 0 Å². The summed E-state index contributed by atoms with van der Waals surface area (Å²) < 4.78 is 0. The van der Waals surface area contributed by atoms with Gasteiger partial charge in [0.1, 0.15) is 0 Å². The number of hydrogen-bond acceptors (Lipinski definition) is 3. The van der Waals surface area contributed by atoms with Crippen LogP contribution in [0.1, 0.15) is 13.3 Å². The van der Waals surface area contributed by atoms with E-state index >= 15 is 0 Å². The van der Waals surface area contributed by atoms with E-state index in [-0.39, 0.29) is 0 Å². The summed E-state index contributed by atoms with van der Waals surface area (Å²) in [4.78, 5) is 2.31. The Hall–Kier alpha value is -0.120. The summed E-state index contributed by atoms with van der Waals surface area (Å²) in [6.45, 7) is 3.30. The van der Waals surface area contributed by atoms with E-state index in [2.05, 4.69) is 24.3 Å². The smallest absolute Gasteiger partial charge is 0.0352 e. The van der Waals surface area contributed by atoms with Crippen LogP contribution < -0.4 is 11.3 Å². The van der Waals surface area contributed by atoms with Gasteiger partial charge >= 0.3 is 0 Å². The minimum atomic E-state index is 0.505. The van der Waals surface area contributed by atoms with Crippen molar-refractivity contribution in [3.8, 4) is 0 Å². The summed E-state index contributed by atoms with van der Waals surface area (Å²) in [6, 6.07) is 1.19. The molecule has 0 aromatic heterocycles. The molecule has 1 fully saturated rings. The molecular formula is C6H15N3. The Labute approximate surface area is 56.2 Å². The third kappa shape index (κ3) is 1.41. The van der Waals surface area contributed by atoms with E-state index in [0.717, 1.165) is 6.54 Å². The number of hydrazine groups is 1. The lowest BCUT2D eigenvalue weighted by molar-refractivity contribution is 0.327. The van der Waals surface area contributed by atoms with Gasteiger partial charge in [0, 0.05) is 18.6 Å². The van der Waals surface area contributed by atoms with Crippen molar-refractivity contribution >= 4 is 0 Å². The Bertz CT molecular complexity index is 84.3. The molecule has 0 amide bonds. The van der Waals surface area contributed by atoms with Crippen LogP contribution in [-0.4, -0.2) is 30.6 Å². The van der Waals surface area contributed by atoms with E-state index in [9.17, 15) is 0 Å². The van der Waals surface area contributed by atoms with Gasteiger partial charge in [-0.15, -0.1) is 0 Å². The van der Waals surface area contributed by atoms with Crippen molar-refractivity contribution in [3.63, 3.8) is 0 Å². The molecule has 0 spiro atoms. The summed E-state index contributed by atoms with van der Waals surface area (Å²) in [5, 5.41) is 0. The van der Waals surface area contributed by atoms with Crippen LogP contribution in [0.5, 0.6) is 0 Å². The lowest BCUT2D eigenvalue weighted by atomic mass is 10.2. The van der Waals surface area contributed by atoms with Gasteiger partial charge in [0.15, 0.2) is 0 Å². The molecule has 0 bridgehead atoms. The lowest BCUT2D eigenvalue weighted by Gasteiger charge is -2.12. The third-order valence-electron chi connectivity index (χ3n) is 2.12. The molecule has 1 rings (SSSR count). The molecule has 0 saturated carbocycles. The van der Waals surface area contributed by atoms with Crippen LogP contribution in [0.3, 0.4) is 0 Å². The van der Waals surface area contributed by atoms with Gasteiger partial charge in [-0.1, -0.05) is 0 Å². The predicted octanol–water partition coefficient (Wildman–Crippen LogP) is -0.458. The zero-order chi connectivity index (χ0) is 6.85. The van der Waals surface area contributed by atoms with Gasteiger partial charge in [-0.2, -0.15) is 0 Å². The molecule has 2 unspecified atom stereocenters. The second-order valence-corrected chi connectivity index (χ2v) is 2.89. The second kappa shape index (κ2) is 2.64. The Balaban J connectivity index is 2.35. The Kier molecular flexibility index (Phi) is 2.05. The van der Waals surface area contributed by atoms with E-state index < -0.39 is 0 Å². The van der Waals surface area contributed by atoms with Crippen molar-refractivity contribution in [2.45, 2.75) is 25.4 Å².